The first-order valence-electron chi connectivity index (χ1n) is 9.37. The molecule has 27 heavy (non-hydrogen) atoms. The Bertz CT molecular complexity index is 877. The van der Waals surface area contributed by atoms with E-state index in [2.05, 4.69) is 24.9 Å². The van der Waals surface area contributed by atoms with E-state index in [0.29, 0.717) is 6.54 Å². The van der Waals surface area contributed by atoms with E-state index in [-0.39, 0.29) is 11.2 Å². The summed E-state index contributed by atoms with van der Waals surface area (Å²) in [6.07, 6.45) is 3.03. The van der Waals surface area contributed by atoms with Crippen LogP contribution in [0.2, 0.25) is 0 Å². The van der Waals surface area contributed by atoms with Crippen molar-refractivity contribution in [2.24, 2.45) is 7.05 Å². The summed E-state index contributed by atoms with van der Waals surface area (Å²) in [5, 5.41) is 3.92. The first kappa shape index (κ1) is 19.2. The van der Waals surface area contributed by atoms with Crippen LogP contribution in [0.15, 0.2) is 21.9 Å². The fourth-order valence-electron chi connectivity index (χ4n) is 3.29. The monoisotopic (exact) mass is 373 g/mol. The molecule has 0 radical (unpaired) electrons. The molecule has 1 saturated heterocycles. The quantitative estimate of drug-likeness (QED) is 0.656. The highest BCUT2D eigenvalue weighted by atomic mass is 16.2. The van der Waals surface area contributed by atoms with Crippen molar-refractivity contribution >= 4 is 5.95 Å². The van der Waals surface area contributed by atoms with E-state index in [1.54, 1.807) is 0 Å². The van der Waals surface area contributed by atoms with Crippen molar-refractivity contribution in [2.75, 3.05) is 37.6 Å². The highest BCUT2D eigenvalue weighted by Gasteiger charge is 2.19. The molecule has 0 spiro atoms. The van der Waals surface area contributed by atoms with Gasteiger partial charge in [0.05, 0.1) is 0 Å². The number of hydrogen-bond donors (Lipinski definition) is 0. The molecule has 0 bridgehead atoms. The van der Waals surface area contributed by atoms with Crippen LogP contribution in [0.5, 0.6) is 0 Å². The number of anilines is 1. The van der Waals surface area contributed by atoms with Crippen molar-refractivity contribution in [1.29, 1.82) is 0 Å². The third-order valence-corrected chi connectivity index (χ3v) is 4.87. The zero-order valence-corrected chi connectivity index (χ0v) is 16.3. The molecule has 1 aliphatic rings. The number of rotatable bonds is 6. The van der Waals surface area contributed by atoms with Crippen molar-refractivity contribution in [1.82, 2.24) is 29.2 Å². The number of hydrogen-bond acceptors (Lipinski definition) is 7. The molecule has 9 nitrogen and oxygen atoms in total. The van der Waals surface area contributed by atoms with Crippen molar-refractivity contribution in [3.05, 3.63) is 44.5 Å². The summed E-state index contributed by atoms with van der Waals surface area (Å²) < 4.78 is 2.44. The highest BCUT2D eigenvalue weighted by molar-refractivity contribution is 5.32. The van der Waals surface area contributed by atoms with Gasteiger partial charge in [-0.25, -0.2) is 19.4 Å². The topological polar surface area (TPSA) is 89.2 Å². The van der Waals surface area contributed by atoms with Gasteiger partial charge in [-0.05, 0) is 39.3 Å². The van der Waals surface area contributed by atoms with Gasteiger partial charge in [-0.3, -0.25) is 14.3 Å². The molecule has 0 unspecified atom stereocenters. The molecule has 0 aliphatic carbocycles. The molecule has 0 saturated carbocycles. The van der Waals surface area contributed by atoms with E-state index < -0.39 is 0 Å². The Morgan fingerprint density at radius 1 is 0.963 bits per heavy atom. The summed E-state index contributed by atoms with van der Waals surface area (Å²) >= 11 is 0. The van der Waals surface area contributed by atoms with Crippen molar-refractivity contribution in [3.8, 4) is 0 Å². The molecule has 146 valence electrons. The second kappa shape index (κ2) is 8.43. The molecule has 3 heterocycles. The summed E-state index contributed by atoms with van der Waals surface area (Å²) in [5.74, 6) is 0.826. The van der Waals surface area contributed by atoms with Gasteiger partial charge in [0.25, 0.3) is 5.56 Å². The summed E-state index contributed by atoms with van der Waals surface area (Å²) in [6, 6.07) is 1.99. The summed E-state index contributed by atoms with van der Waals surface area (Å²) in [6.45, 7) is 9.32. The van der Waals surface area contributed by atoms with Gasteiger partial charge in [-0.1, -0.05) is 0 Å². The second-order valence-electron chi connectivity index (χ2n) is 7.03. The molecule has 2 aromatic heterocycles. The minimum atomic E-state index is -0.373. The van der Waals surface area contributed by atoms with Crippen LogP contribution < -0.4 is 16.1 Å². The number of aromatic nitrogens is 5. The Labute approximate surface area is 158 Å². The van der Waals surface area contributed by atoms with E-state index >= 15 is 0 Å². The second-order valence-corrected chi connectivity index (χ2v) is 7.03. The van der Waals surface area contributed by atoms with E-state index in [1.807, 2.05) is 19.9 Å². The summed E-state index contributed by atoms with van der Waals surface area (Å²) in [4.78, 5) is 37.1. The van der Waals surface area contributed by atoms with Gasteiger partial charge in [0, 0.05) is 51.2 Å². The van der Waals surface area contributed by atoms with Gasteiger partial charge in [-0.2, -0.15) is 5.10 Å². The lowest BCUT2D eigenvalue weighted by atomic mass is 10.2. The third kappa shape index (κ3) is 4.79. The molecule has 0 atom stereocenters. The fourth-order valence-corrected chi connectivity index (χ4v) is 3.29. The van der Waals surface area contributed by atoms with Crippen LogP contribution in [0.25, 0.3) is 0 Å². The maximum atomic E-state index is 11.9. The predicted octanol–water partition coefficient (Wildman–Crippen LogP) is -0.0488. The largest absolute Gasteiger partial charge is 0.347 e. The highest BCUT2D eigenvalue weighted by Crippen LogP contribution is 2.13. The van der Waals surface area contributed by atoms with Crippen LogP contribution in [0.1, 0.15) is 24.2 Å². The van der Waals surface area contributed by atoms with Gasteiger partial charge in [0.1, 0.15) is 6.20 Å². The molecule has 2 aromatic rings. The molecule has 0 N–H and O–H groups in total. The molecule has 9 heteroatoms. The van der Waals surface area contributed by atoms with E-state index in [4.69, 9.17) is 0 Å². The van der Waals surface area contributed by atoms with Gasteiger partial charge >= 0.3 is 5.69 Å². The fraction of sp³-hybridized carbons (Fsp3) is 0.611. The zero-order chi connectivity index (χ0) is 19.4. The van der Waals surface area contributed by atoms with E-state index in [9.17, 15) is 9.59 Å². The molecule has 0 aromatic carbocycles. The Hall–Kier alpha value is -2.55. The average Bonchev–Trinajstić information content (AvgIpc) is 2.64. The van der Waals surface area contributed by atoms with Crippen molar-refractivity contribution in [2.45, 2.75) is 33.2 Å². The molecule has 1 aliphatic heterocycles. The van der Waals surface area contributed by atoms with Gasteiger partial charge in [0.2, 0.25) is 5.95 Å². The summed E-state index contributed by atoms with van der Waals surface area (Å²) in [5.41, 5.74) is 1.27. The summed E-state index contributed by atoms with van der Waals surface area (Å²) in [7, 11) is 1.47. The van der Waals surface area contributed by atoms with Crippen LogP contribution in [0.4, 0.5) is 5.95 Å². The van der Waals surface area contributed by atoms with Crippen molar-refractivity contribution in [3.63, 3.8) is 0 Å². The van der Waals surface area contributed by atoms with Gasteiger partial charge in [0.15, 0.2) is 0 Å². The first-order valence-corrected chi connectivity index (χ1v) is 9.37. The lowest BCUT2D eigenvalue weighted by Crippen LogP contribution is -2.47. The number of piperazine rings is 1. The number of unbranched alkanes of at least 4 members (excludes halogenated alkanes) is 1. The number of aryl methyl sites for hydroxylation is 3. The lowest BCUT2D eigenvalue weighted by Gasteiger charge is -2.34. The maximum Gasteiger partial charge on any atom is 0.347 e. The van der Waals surface area contributed by atoms with Crippen LogP contribution >= 0.6 is 0 Å². The van der Waals surface area contributed by atoms with Crippen LogP contribution in [0, 0.1) is 13.8 Å². The lowest BCUT2D eigenvalue weighted by molar-refractivity contribution is 0.249. The number of nitrogens with zero attached hydrogens (tertiary/aromatic N) is 7. The smallest absolute Gasteiger partial charge is 0.338 e. The van der Waals surface area contributed by atoms with E-state index in [1.165, 1.54) is 17.9 Å². The standard InChI is InChI=1S/C18H27N7O2/c1-14-12-15(2)21-17(20-14)24-10-8-23(9-11-24)6-4-5-7-25-18(27)22(3)16(26)13-19-25/h12-13H,4-11H2,1-3H3. The minimum Gasteiger partial charge on any atom is -0.338 e. The molecular weight excluding hydrogens is 346 g/mol. The van der Waals surface area contributed by atoms with Gasteiger partial charge in [-0.15, -0.1) is 0 Å². The Morgan fingerprint density at radius 3 is 2.26 bits per heavy atom. The SMILES string of the molecule is Cc1cc(C)nc(N2CCN(CCCCn3ncc(=O)n(C)c3=O)CC2)n1. The normalized spacial score (nSPS) is 15.3. The molecular formula is C18H27N7O2. The van der Waals surface area contributed by atoms with Crippen LogP contribution in [-0.4, -0.2) is 61.9 Å². The molecule has 0 amide bonds. The van der Waals surface area contributed by atoms with Crippen LogP contribution in [-0.2, 0) is 13.6 Å². The van der Waals surface area contributed by atoms with Crippen molar-refractivity contribution < 1.29 is 0 Å². The maximum absolute atomic E-state index is 11.9. The minimum absolute atomic E-state index is 0.357. The molecule has 1 fully saturated rings. The van der Waals surface area contributed by atoms with Crippen LogP contribution in [0.3, 0.4) is 0 Å². The first-order chi connectivity index (χ1) is 12.9. The predicted molar refractivity (Wildman–Crippen MR) is 103 cm³/mol. The van der Waals surface area contributed by atoms with E-state index in [0.717, 1.165) is 67.5 Å². The Balaban J connectivity index is 1.43. The average molecular weight is 373 g/mol. The zero-order valence-electron chi connectivity index (χ0n) is 16.3. The Morgan fingerprint density at radius 2 is 1.59 bits per heavy atom. The molecule has 3 rings (SSSR count). The third-order valence-electron chi connectivity index (χ3n) is 4.87. The Kier molecular flexibility index (Phi) is 6.00. The van der Waals surface area contributed by atoms with Gasteiger partial charge < -0.3 is 4.90 Å².